The van der Waals surface area contributed by atoms with Crippen LogP contribution in [0.4, 0.5) is 0 Å². The number of hydrogen-bond acceptors (Lipinski definition) is 3. The van der Waals surface area contributed by atoms with E-state index >= 15 is 0 Å². The summed E-state index contributed by atoms with van der Waals surface area (Å²) < 4.78 is 29.5. The van der Waals surface area contributed by atoms with E-state index < -0.39 is 22.1 Å². The largest absolute Gasteiger partial charge is 0.322 e. The number of nitrogens with two attached hydrogens (primary N) is 1. The molecule has 0 saturated heterocycles. The number of sulfonamides is 1. The molecule has 0 spiro atoms. The van der Waals surface area contributed by atoms with Crippen molar-refractivity contribution in [1.82, 2.24) is 4.72 Å². The van der Waals surface area contributed by atoms with Gasteiger partial charge in [-0.1, -0.05) is 113 Å². The van der Waals surface area contributed by atoms with Crippen LogP contribution in [0.5, 0.6) is 0 Å². The Labute approximate surface area is 241 Å². The van der Waals surface area contributed by atoms with Gasteiger partial charge in [-0.25, -0.2) is 13.1 Å². The molecule has 202 valence electrons. The predicted octanol–water partition coefficient (Wildman–Crippen LogP) is 6.94. The molecule has 6 heteroatoms. The SMILES string of the molecule is Cc1cc(C)c(S(=O)(=O)N[C@H](c2ccccc2)[C@H](N)c2ccccc2)c(C)c1.Cc1cc(C)cc(C)c1.[Ru]. The molecule has 0 amide bonds. The summed E-state index contributed by atoms with van der Waals surface area (Å²) in [5.74, 6) is 0. The molecule has 4 aromatic carbocycles. The van der Waals surface area contributed by atoms with Gasteiger partial charge < -0.3 is 5.73 Å². The van der Waals surface area contributed by atoms with Gasteiger partial charge in [0.1, 0.15) is 0 Å². The third-order valence-corrected chi connectivity index (χ3v) is 7.97. The number of rotatable bonds is 6. The maximum Gasteiger partial charge on any atom is 0.241 e. The number of nitrogens with one attached hydrogen (secondary N) is 1. The van der Waals surface area contributed by atoms with Gasteiger partial charge >= 0.3 is 0 Å². The van der Waals surface area contributed by atoms with Crippen molar-refractivity contribution < 1.29 is 27.9 Å². The van der Waals surface area contributed by atoms with Crippen LogP contribution in [0.2, 0.25) is 0 Å². The van der Waals surface area contributed by atoms with E-state index in [9.17, 15) is 8.42 Å². The van der Waals surface area contributed by atoms with Crippen molar-refractivity contribution in [2.45, 2.75) is 58.5 Å². The first-order valence-electron chi connectivity index (χ1n) is 12.5. The molecule has 4 aromatic rings. The van der Waals surface area contributed by atoms with Crippen LogP contribution in [0.1, 0.15) is 56.6 Å². The molecule has 0 aliphatic carbocycles. The Balaban J connectivity index is 0.000000430. The van der Waals surface area contributed by atoms with E-state index in [1.165, 1.54) is 16.7 Å². The van der Waals surface area contributed by atoms with Crippen molar-refractivity contribution in [3.8, 4) is 0 Å². The van der Waals surface area contributed by atoms with Crippen molar-refractivity contribution in [2.24, 2.45) is 5.73 Å². The van der Waals surface area contributed by atoms with E-state index in [-0.39, 0.29) is 19.5 Å². The third-order valence-electron chi connectivity index (χ3n) is 6.22. The van der Waals surface area contributed by atoms with Crippen LogP contribution in [0.3, 0.4) is 0 Å². The van der Waals surface area contributed by atoms with Crippen LogP contribution in [-0.4, -0.2) is 8.42 Å². The second kappa shape index (κ2) is 14.0. The zero-order chi connectivity index (χ0) is 27.2. The molecule has 0 fully saturated rings. The van der Waals surface area contributed by atoms with Crippen molar-refractivity contribution in [3.05, 3.63) is 136 Å². The molecule has 0 aromatic heterocycles. The van der Waals surface area contributed by atoms with E-state index in [1.54, 1.807) is 0 Å². The number of benzene rings is 4. The Bertz CT molecular complexity index is 1370. The van der Waals surface area contributed by atoms with Crippen molar-refractivity contribution in [1.29, 1.82) is 0 Å². The van der Waals surface area contributed by atoms with Gasteiger partial charge in [0.15, 0.2) is 0 Å². The smallest absolute Gasteiger partial charge is 0.241 e. The molecule has 0 heterocycles. The van der Waals surface area contributed by atoms with Gasteiger partial charge in [-0.15, -0.1) is 0 Å². The quantitative estimate of drug-likeness (QED) is 0.231. The topological polar surface area (TPSA) is 72.2 Å². The summed E-state index contributed by atoms with van der Waals surface area (Å²) in [6.45, 7) is 12.0. The molecule has 2 atom stereocenters. The molecule has 0 aliphatic heterocycles. The van der Waals surface area contributed by atoms with E-state index in [1.807, 2.05) is 93.6 Å². The zero-order valence-corrected chi connectivity index (χ0v) is 25.5. The van der Waals surface area contributed by atoms with Gasteiger partial charge in [-0.3, -0.25) is 0 Å². The molecular formula is C32H38N2O2RuS. The molecule has 4 rings (SSSR count). The molecule has 0 saturated carbocycles. The fourth-order valence-corrected chi connectivity index (χ4v) is 6.60. The molecule has 3 N–H and O–H groups in total. The van der Waals surface area contributed by atoms with Crippen LogP contribution >= 0.6 is 0 Å². The second-order valence-electron chi connectivity index (χ2n) is 9.84. The summed E-state index contributed by atoms with van der Waals surface area (Å²) in [6, 6.07) is 28.2. The molecule has 0 bridgehead atoms. The fraction of sp³-hybridized carbons (Fsp3) is 0.250. The van der Waals surface area contributed by atoms with E-state index in [4.69, 9.17) is 5.73 Å². The molecule has 0 unspecified atom stereocenters. The minimum Gasteiger partial charge on any atom is -0.322 e. The molecule has 4 nitrogen and oxygen atoms in total. The fourth-order valence-electron chi connectivity index (χ4n) is 4.90. The second-order valence-corrected chi connectivity index (χ2v) is 11.5. The van der Waals surface area contributed by atoms with E-state index in [0.29, 0.717) is 4.90 Å². The molecule has 0 radical (unpaired) electrons. The van der Waals surface area contributed by atoms with Gasteiger partial charge in [-0.05, 0) is 63.8 Å². The first-order valence-corrected chi connectivity index (χ1v) is 14.0. The first kappa shape index (κ1) is 31.6. The number of hydrogen-bond donors (Lipinski definition) is 2. The van der Waals surface area contributed by atoms with Crippen LogP contribution in [-0.2, 0) is 29.5 Å². The Kier molecular flexibility index (Phi) is 11.6. The Morgan fingerprint density at radius 2 is 0.974 bits per heavy atom. The van der Waals surface area contributed by atoms with Gasteiger partial charge in [0.25, 0.3) is 0 Å². The monoisotopic (exact) mass is 616 g/mol. The molecule has 0 aliphatic rings. The van der Waals surface area contributed by atoms with Crippen LogP contribution in [0.25, 0.3) is 0 Å². The van der Waals surface area contributed by atoms with Gasteiger partial charge in [0.2, 0.25) is 10.0 Å². The normalized spacial score (nSPS) is 12.5. The Morgan fingerprint density at radius 3 is 1.39 bits per heavy atom. The number of aryl methyl sites for hydroxylation is 6. The maximum atomic E-state index is 13.3. The van der Waals surface area contributed by atoms with Gasteiger partial charge in [0.05, 0.1) is 17.0 Å². The first-order chi connectivity index (χ1) is 17.5. The standard InChI is InChI=1S/C23H26N2O2S.C9H12.Ru/c1-16-14-17(2)23(18(3)15-16)28(26,27)25-22(20-12-8-5-9-13-20)21(24)19-10-6-4-7-11-19;1-7-4-8(2)6-9(3)5-7;/h4-15,21-22,25H,24H2,1-3H3;4-6H,1-3H3;/t21-,22-;;/m1../s1. The third kappa shape index (κ3) is 8.44. The Morgan fingerprint density at radius 1 is 0.605 bits per heavy atom. The molecular weight excluding hydrogens is 578 g/mol. The average Bonchev–Trinajstić information content (AvgIpc) is 2.82. The summed E-state index contributed by atoms with van der Waals surface area (Å²) in [5.41, 5.74) is 14.8. The van der Waals surface area contributed by atoms with Crippen molar-refractivity contribution >= 4 is 10.0 Å². The van der Waals surface area contributed by atoms with Crippen molar-refractivity contribution in [3.63, 3.8) is 0 Å². The van der Waals surface area contributed by atoms with Crippen LogP contribution < -0.4 is 10.5 Å². The summed E-state index contributed by atoms with van der Waals surface area (Å²) in [6.07, 6.45) is 0. The predicted molar refractivity (Wildman–Crippen MR) is 154 cm³/mol. The maximum absolute atomic E-state index is 13.3. The van der Waals surface area contributed by atoms with Gasteiger partial charge in [-0.2, -0.15) is 0 Å². The van der Waals surface area contributed by atoms with Crippen LogP contribution in [0.15, 0.2) is 95.9 Å². The minimum absolute atomic E-state index is 0. The average molecular weight is 616 g/mol. The Hall–Kier alpha value is -2.63. The van der Waals surface area contributed by atoms with Crippen molar-refractivity contribution in [2.75, 3.05) is 0 Å². The summed E-state index contributed by atoms with van der Waals surface area (Å²) in [7, 11) is -3.77. The zero-order valence-electron chi connectivity index (χ0n) is 23.0. The van der Waals surface area contributed by atoms with E-state index in [0.717, 1.165) is 27.8 Å². The summed E-state index contributed by atoms with van der Waals surface area (Å²) in [5, 5.41) is 0. The molecule has 38 heavy (non-hydrogen) atoms. The van der Waals surface area contributed by atoms with Gasteiger partial charge in [0, 0.05) is 19.5 Å². The summed E-state index contributed by atoms with van der Waals surface area (Å²) in [4.78, 5) is 0.319. The summed E-state index contributed by atoms with van der Waals surface area (Å²) >= 11 is 0. The van der Waals surface area contributed by atoms with E-state index in [2.05, 4.69) is 43.7 Å². The minimum atomic E-state index is -3.77. The van der Waals surface area contributed by atoms with Crippen LogP contribution in [0, 0.1) is 41.5 Å².